The van der Waals surface area contributed by atoms with Crippen molar-refractivity contribution < 1.29 is 14.4 Å². The van der Waals surface area contributed by atoms with Crippen LogP contribution in [0.1, 0.15) is 64.1 Å². The number of ketones is 1. The highest BCUT2D eigenvalue weighted by Crippen LogP contribution is 2.40. The van der Waals surface area contributed by atoms with Crippen molar-refractivity contribution in [3.05, 3.63) is 80.5 Å². The van der Waals surface area contributed by atoms with Crippen LogP contribution in [0.15, 0.2) is 48.7 Å². The minimum atomic E-state index is -0.575. The fourth-order valence-corrected chi connectivity index (χ4v) is 7.21. The molecule has 2 aliphatic rings. The van der Waals surface area contributed by atoms with Gasteiger partial charge in [0.15, 0.2) is 0 Å². The van der Waals surface area contributed by atoms with Crippen molar-refractivity contribution in [2.75, 3.05) is 11.4 Å². The number of carbonyl (C=O) groups excluding carboxylic acids is 3. The molecule has 41 heavy (non-hydrogen) atoms. The van der Waals surface area contributed by atoms with Crippen LogP contribution in [-0.4, -0.2) is 54.6 Å². The summed E-state index contributed by atoms with van der Waals surface area (Å²) in [7, 11) is 0. The highest BCUT2D eigenvalue weighted by atomic mass is 35.5. The number of para-hydroxylation sites is 1. The first-order chi connectivity index (χ1) is 19.5. The van der Waals surface area contributed by atoms with Crippen LogP contribution >= 0.6 is 34.5 Å². The lowest BCUT2D eigenvalue weighted by Crippen LogP contribution is -2.53. The maximum atomic E-state index is 14.0. The predicted octanol–water partition coefficient (Wildman–Crippen LogP) is 6.00. The first-order valence-electron chi connectivity index (χ1n) is 13.1. The summed E-state index contributed by atoms with van der Waals surface area (Å²) in [6.45, 7) is 6.50. The minimum absolute atomic E-state index is 0.109. The number of rotatable bonds is 5. The van der Waals surface area contributed by atoms with Crippen LogP contribution in [0.25, 0.3) is 10.6 Å². The van der Waals surface area contributed by atoms with Gasteiger partial charge in [-0.3, -0.25) is 19.3 Å². The summed E-state index contributed by atoms with van der Waals surface area (Å²) < 4.78 is 1.76. The molecule has 0 bridgehead atoms. The number of hydrogen-bond acceptors (Lipinski definition) is 7. The molecule has 0 radical (unpaired) electrons. The van der Waals surface area contributed by atoms with Gasteiger partial charge in [0.2, 0.25) is 0 Å². The first kappa shape index (κ1) is 27.6. The molecule has 1 saturated heterocycles. The van der Waals surface area contributed by atoms with Gasteiger partial charge < -0.3 is 4.90 Å². The Kier molecular flexibility index (Phi) is 6.96. The quantitative estimate of drug-likeness (QED) is 0.257. The van der Waals surface area contributed by atoms with Crippen LogP contribution in [0.3, 0.4) is 0 Å². The Bertz CT molecular complexity index is 1690. The highest BCUT2D eigenvalue weighted by molar-refractivity contribution is 7.17. The SMILES string of the molecule is Cc1nc(-c2c(Cl)cccc2Cl)sc1C(=O)N1CC(n2cc(CN3C(=O)C(=O)c4ccccc43)nn2)CCC1(C)C. The summed E-state index contributed by atoms with van der Waals surface area (Å²) in [5, 5.41) is 10.2. The van der Waals surface area contributed by atoms with E-state index in [1.54, 1.807) is 53.3 Å². The molecule has 2 amide bonds. The van der Waals surface area contributed by atoms with E-state index in [-0.39, 0.29) is 24.0 Å². The zero-order valence-electron chi connectivity index (χ0n) is 22.6. The van der Waals surface area contributed by atoms with Gasteiger partial charge in [-0.25, -0.2) is 9.67 Å². The molecule has 2 aromatic heterocycles. The maximum Gasteiger partial charge on any atom is 0.299 e. The maximum absolute atomic E-state index is 14.0. The van der Waals surface area contributed by atoms with Crippen molar-refractivity contribution in [2.24, 2.45) is 0 Å². The first-order valence-corrected chi connectivity index (χ1v) is 14.7. The number of hydrogen-bond donors (Lipinski definition) is 0. The number of piperidine rings is 1. The summed E-state index contributed by atoms with van der Waals surface area (Å²) in [5.41, 5.74) is 2.39. The van der Waals surface area contributed by atoms with Gasteiger partial charge in [-0.05, 0) is 57.9 Å². The lowest BCUT2D eigenvalue weighted by atomic mass is 9.88. The van der Waals surface area contributed by atoms with E-state index in [4.69, 9.17) is 23.2 Å². The molecule has 1 fully saturated rings. The number of benzene rings is 2. The molecule has 0 aliphatic carbocycles. The van der Waals surface area contributed by atoms with Crippen molar-refractivity contribution in [3.63, 3.8) is 0 Å². The van der Waals surface area contributed by atoms with Crippen molar-refractivity contribution in [3.8, 4) is 10.6 Å². The number of amides is 2. The number of Topliss-reactive ketones (excluding diaryl/α,β-unsaturated/α-hetero) is 1. The fraction of sp³-hybridized carbons (Fsp3) is 0.310. The van der Waals surface area contributed by atoms with Gasteiger partial charge in [-0.2, -0.15) is 0 Å². The third kappa shape index (κ3) is 4.83. The topological polar surface area (TPSA) is 101 Å². The monoisotopic (exact) mass is 608 g/mol. The molecule has 0 saturated carbocycles. The Balaban J connectivity index is 1.23. The van der Waals surface area contributed by atoms with Crippen LogP contribution in [0.4, 0.5) is 5.69 Å². The highest BCUT2D eigenvalue weighted by Gasteiger charge is 2.40. The Hall–Kier alpha value is -3.60. The van der Waals surface area contributed by atoms with Crippen LogP contribution < -0.4 is 4.90 Å². The van der Waals surface area contributed by atoms with Crippen LogP contribution in [0, 0.1) is 6.92 Å². The average molecular weight is 610 g/mol. The van der Waals surface area contributed by atoms with Crippen LogP contribution in [0.2, 0.25) is 10.0 Å². The van der Waals surface area contributed by atoms with E-state index in [9.17, 15) is 14.4 Å². The van der Waals surface area contributed by atoms with E-state index in [0.29, 0.717) is 54.7 Å². The number of aromatic nitrogens is 4. The fourth-order valence-electron chi connectivity index (χ4n) is 5.44. The Labute approximate surface area is 250 Å². The van der Waals surface area contributed by atoms with Gasteiger partial charge in [0.1, 0.15) is 15.6 Å². The third-order valence-corrected chi connectivity index (χ3v) is 9.55. The van der Waals surface area contributed by atoms with Crippen molar-refractivity contribution >= 4 is 57.8 Å². The molecule has 0 N–H and O–H groups in total. The van der Waals surface area contributed by atoms with Crippen molar-refractivity contribution in [2.45, 2.75) is 51.7 Å². The van der Waals surface area contributed by atoms with E-state index in [0.717, 1.165) is 12.8 Å². The number of anilines is 1. The summed E-state index contributed by atoms with van der Waals surface area (Å²) in [4.78, 5) is 47.4. The molecule has 2 aromatic carbocycles. The van der Waals surface area contributed by atoms with E-state index >= 15 is 0 Å². The van der Waals surface area contributed by atoms with E-state index < -0.39 is 11.7 Å². The molecule has 4 aromatic rings. The van der Waals surface area contributed by atoms with Gasteiger partial charge >= 0.3 is 0 Å². The molecule has 2 aliphatic heterocycles. The molecule has 0 spiro atoms. The minimum Gasteiger partial charge on any atom is -0.331 e. The molecule has 12 heteroatoms. The zero-order chi connectivity index (χ0) is 29.1. The van der Waals surface area contributed by atoms with Crippen LogP contribution in [0.5, 0.6) is 0 Å². The average Bonchev–Trinajstić information content (AvgIpc) is 3.62. The molecule has 1 atom stereocenters. The number of nitrogens with zero attached hydrogens (tertiary/aromatic N) is 6. The normalized spacial score (nSPS) is 18.2. The molecule has 1 unspecified atom stereocenters. The number of thiazole rings is 1. The Morgan fingerprint density at radius 2 is 1.83 bits per heavy atom. The molecule has 4 heterocycles. The van der Waals surface area contributed by atoms with Gasteiger partial charge in [0, 0.05) is 17.6 Å². The molecular weight excluding hydrogens is 583 g/mol. The van der Waals surface area contributed by atoms with Crippen molar-refractivity contribution in [1.29, 1.82) is 0 Å². The van der Waals surface area contributed by atoms with Crippen molar-refractivity contribution in [1.82, 2.24) is 24.9 Å². The summed E-state index contributed by atoms with van der Waals surface area (Å²) in [5.74, 6) is -1.20. The van der Waals surface area contributed by atoms with E-state index in [1.165, 1.54) is 16.2 Å². The second-order valence-corrected chi connectivity index (χ2v) is 12.7. The van der Waals surface area contributed by atoms with Gasteiger partial charge in [0.05, 0.1) is 45.8 Å². The number of likely N-dealkylation sites (tertiary alicyclic amines) is 1. The number of halogens is 2. The Morgan fingerprint density at radius 3 is 2.59 bits per heavy atom. The van der Waals surface area contributed by atoms with E-state index in [1.807, 2.05) is 11.8 Å². The molecular formula is C29H26Cl2N6O3S. The second kappa shape index (κ2) is 10.3. The van der Waals surface area contributed by atoms with Gasteiger partial charge in [-0.15, -0.1) is 16.4 Å². The Morgan fingerprint density at radius 1 is 1.10 bits per heavy atom. The van der Waals surface area contributed by atoms with Crippen LogP contribution in [-0.2, 0) is 11.3 Å². The smallest absolute Gasteiger partial charge is 0.299 e. The molecule has 9 nitrogen and oxygen atoms in total. The predicted molar refractivity (Wildman–Crippen MR) is 158 cm³/mol. The summed E-state index contributed by atoms with van der Waals surface area (Å²) >= 11 is 14.1. The largest absolute Gasteiger partial charge is 0.331 e. The molecule has 6 rings (SSSR count). The summed E-state index contributed by atoms with van der Waals surface area (Å²) in [6, 6.07) is 12.1. The number of fused-ring (bicyclic) bond motifs is 1. The number of carbonyl (C=O) groups is 3. The standard InChI is InChI=1S/C29H26Cl2N6O3S/c1-16-25(41-26(32-16)23-20(30)8-6-9-21(23)31)28(40)36-15-18(11-12-29(36,2)3)37-14-17(33-34-37)13-35-22-10-5-4-7-19(22)24(38)27(35)39/h4-10,14,18H,11-13,15H2,1-3H3. The lowest BCUT2D eigenvalue weighted by Gasteiger charge is -2.45. The van der Waals surface area contributed by atoms with Gasteiger partial charge in [-0.1, -0.05) is 46.6 Å². The number of aryl methyl sites for hydroxylation is 1. The van der Waals surface area contributed by atoms with Gasteiger partial charge in [0.25, 0.3) is 17.6 Å². The zero-order valence-corrected chi connectivity index (χ0v) is 24.9. The summed E-state index contributed by atoms with van der Waals surface area (Å²) in [6.07, 6.45) is 3.34. The molecule has 210 valence electrons. The third-order valence-electron chi connectivity index (χ3n) is 7.76. The lowest BCUT2D eigenvalue weighted by molar-refractivity contribution is -0.114. The second-order valence-electron chi connectivity index (χ2n) is 10.9. The van der Waals surface area contributed by atoms with E-state index in [2.05, 4.69) is 29.1 Å².